The number of methoxy groups -OCH3 is 1. The van der Waals surface area contributed by atoms with Crippen LogP contribution in [0.4, 0.5) is 5.69 Å². The summed E-state index contributed by atoms with van der Waals surface area (Å²) in [5.41, 5.74) is 4.67. The van der Waals surface area contributed by atoms with Gasteiger partial charge < -0.3 is 14.5 Å². The molecule has 1 heterocycles. The van der Waals surface area contributed by atoms with E-state index in [0.717, 1.165) is 26.2 Å². The summed E-state index contributed by atoms with van der Waals surface area (Å²) in [6.45, 7) is 9.80. The molecule has 1 aliphatic heterocycles. The van der Waals surface area contributed by atoms with Gasteiger partial charge >= 0.3 is 0 Å². The molecule has 2 aromatic carbocycles. The Labute approximate surface area is 156 Å². The monoisotopic (exact) mass is 352 g/mol. The molecule has 0 aliphatic carbocycles. The number of carbonyl (C=O) groups is 1. The largest absolute Gasteiger partial charge is 0.496 e. The van der Waals surface area contributed by atoms with E-state index in [2.05, 4.69) is 43.9 Å². The highest BCUT2D eigenvalue weighted by Gasteiger charge is 2.26. The Morgan fingerprint density at radius 3 is 2.35 bits per heavy atom. The zero-order valence-corrected chi connectivity index (χ0v) is 16.2. The molecule has 138 valence electrons. The zero-order valence-electron chi connectivity index (χ0n) is 16.2. The van der Waals surface area contributed by atoms with Gasteiger partial charge in [0.25, 0.3) is 5.91 Å². The molecule has 0 saturated carbocycles. The lowest BCUT2D eigenvalue weighted by atomic mass is 9.97. The minimum Gasteiger partial charge on any atom is -0.496 e. The van der Waals surface area contributed by atoms with Crippen LogP contribution in [0.25, 0.3) is 0 Å². The van der Waals surface area contributed by atoms with E-state index in [-0.39, 0.29) is 5.91 Å². The van der Waals surface area contributed by atoms with Gasteiger partial charge in [0.1, 0.15) is 5.75 Å². The third kappa shape index (κ3) is 3.55. The number of aryl methyl sites for hydroxylation is 1. The highest BCUT2D eigenvalue weighted by atomic mass is 16.5. The van der Waals surface area contributed by atoms with Gasteiger partial charge in [-0.2, -0.15) is 0 Å². The molecule has 1 aliphatic rings. The smallest absolute Gasteiger partial charge is 0.257 e. The number of ether oxygens (including phenoxy) is 1. The SMILES string of the molecule is COc1ccccc1C(=O)N1CCN(c2c(C)cccc2C(C)C)CC1. The first-order valence-electron chi connectivity index (χ1n) is 9.29. The highest BCUT2D eigenvalue weighted by Crippen LogP contribution is 2.32. The van der Waals surface area contributed by atoms with Gasteiger partial charge in [0, 0.05) is 31.9 Å². The Balaban J connectivity index is 1.75. The Hall–Kier alpha value is -2.49. The Morgan fingerprint density at radius 2 is 1.69 bits per heavy atom. The maximum absolute atomic E-state index is 12.9. The molecule has 4 nitrogen and oxygen atoms in total. The molecule has 4 heteroatoms. The summed E-state index contributed by atoms with van der Waals surface area (Å²) in [5.74, 6) is 1.18. The number of anilines is 1. The molecule has 0 unspecified atom stereocenters. The van der Waals surface area contributed by atoms with Crippen molar-refractivity contribution in [2.45, 2.75) is 26.7 Å². The maximum Gasteiger partial charge on any atom is 0.257 e. The molecule has 1 fully saturated rings. The molecule has 0 radical (unpaired) electrons. The third-order valence-electron chi connectivity index (χ3n) is 5.11. The lowest BCUT2D eigenvalue weighted by molar-refractivity contribution is 0.0743. The average Bonchev–Trinajstić information content (AvgIpc) is 2.67. The quantitative estimate of drug-likeness (QED) is 0.831. The van der Waals surface area contributed by atoms with Crippen molar-refractivity contribution in [3.05, 3.63) is 59.2 Å². The predicted molar refractivity (Wildman–Crippen MR) is 106 cm³/mol. The second-order valence-corrected chi connectivity index (χ2v) is 7.15. The first-order chi connectivity index (χ1) is 12.5. The molecule has 1 saturated heterocycles. The Morgan fingerprint density at radius 1 is 1.00 bits per heavy atom. The Kier molecular flexibility index (Phi) is 5.50. The van der Waals surface area contributed by atoms with E-state index < -0.39 is 0 Å². The van der Waals surface area contributed by atoms with Crippen molar-refractivity contribution in [3.8, 4) is 5.75 Å². The minimum atomic E-state index is 0.0518. The number of benzene rings is 2. The van der Waals surface area contributed by atoms with E-state index in [1.165, 1.54) is 16.8 Å². The van der Waals surface area contributed by atoms with Crippen LogP contribution in [0.1, 0.15) is 41.3 Å². The lowest BCUT2D eigenvalue weighted by Gasteiger charge is -2.38. The van der Waals surface area contributed by atoms with Gasteiger partial charge in [0.05, 0.1) is 12.7 Å². The van der Waals surface area contributed by atoms with E-state index in [4.69, 9.17) is 4.74 Å². The lowest BCUT2D eigenvalue weighted by Crippen LogP contribution is -2.49. The molecule has 0 bridgehead atoms. The van der Waals surface area contributed by atoms with Gasteiger partial charge in [0.2, 0.25) is 0 Å². The minimum absolute atomic E-state index is 0.0518. The molecule has 0 aromatic heterocycles. The van der Waals surface area contributed by atoms with Crippen molar-refractivity contribution in [1.29, 1.82) is 0 Å². The van der Waals surface area contributed by atoms with Crippen molar-refractivity contribution in [2.24, 2.45) is 0 Å². The fourth-order valence-electron chi connectivity index (χ4n) is 3.70. The molecule has 0 N–H and O–H groups in total. The fourth-order valence-corrected chi connectivity index (χ4v) is 3.70. The van der Waals surface area contributed by atoms with Crippen LogP contribution in [0.2, 0.25) is 0 Å². The number of nitrogens with zero attached hydrogens (tertiary/aromatic N) is 2. The van der Waals surface area contributed by atoms with Crippen molar-refractivity contribution >= 4 is 11.6 Å². The summed E-state index contributed by atoms with van der Waals surface area (Å²) in [4.78, 5) is 17.3. The maximum atomic E-state index is 12.9. The molecular weight excluding hydrogens is 324 g/mol. The van der Waals surface area contributed by atoms with Gasteiger partial charge in [-0.25, -0.2) is 0 Å². The fraction of sp³-hybridized carbons (Fsp3) is 0.409. The van der Waals surface area contributed by atoms with Gasteiger partial charge in [0.15, 0.2) is 0 Å². The number of amides is 1. The number of carbonyl (C=O) groups excluding carboxylic acids is 1. The first kappa shape index (κ1) is 18.3. The van der Waals surface area contributed by atoms with E-state index in [9.17, 15) is 4.79 Å². The summed E-state index contributed by atoms with van der Waals surface area (Å²) in [7, 11) is 1.61. The van der Waals surface area contributed by atoms with E-state index in [0.29, 0.717) is 17.2 Å². The molecular formula is C22H28N2O2. The van der Waals surface area contributed by atoms with Gasteiger partial charge in [-0.05, 0) is 36.1 Å². The molecule has 1 amide bonds. The molecule has 3 rings (SSSR count). The van der Waals surface area contributed by atoms with E-state index in [1.807, 2.05) is 29.2 Å². The number of para-hydroxylation sites is 2. The van der Waals surface area contributed by atoms with E-state index in [1.54, 1.807) is 7.11 Å². The van der Waals surface area contributed by atoms with Crippen molar-refractivity contribution in [3.63, 3.8) is 0 Å². The third-order valence-corrected chi connectivity index (χ3v) is 5.11. The summed E-state index contributed by atoms with van der Waals surface area (Å²) in [5, 5.41) is 0. The van der Waals surface area contributed by atoms with Crippen molar-refractivity contribution < 1.29 is 9.53 Å². The molecule has 26 heavy (non-hydrogen) atoms. The van der Waals surface area contributed by atoms with Crippen molar-refractivity contribution in [1.82, 2.24) is 4.90 Å². The standard InChI is InChI=1S/C22H28N2O2/c1-16(2)18-10-7-8-17(3)21(18)23-12-14-24(15-13-23)22(25)19-9-5-6-11-20(19)26-4/h5-11,16H,12-15H2,1-4H3. The van der Waals surface area contributed by atoms with Crippen LogP contribution in [0.5, 0.6) is 5.75 Å². The normalized spacial score (nSPS) is 14.7. The molecule has 0 spiro atoms. The molecule has 0 atom stereocenters. The summed E-state index contributed by atoms with van der Waals surface area (Å²) < 4.78 is 5.35. The summed E-state index contributed by atoms with van der Waals surface area (Å²) in [6, 6.07) is 14.0. The Bertz CT molecular complexity index is 777. The zero-order chi connectivity index (χ0) is 18.7. The van der Waals surface area contributed by atoms with Gasteiger partial charge in [-0.15, -0.1) is 0 Å². The first-order valence-corrected chi connectivity index (χ1v) is 9.29. The van der Waals surface area contributed by atoms with E-state index >= 15 is 0 Å². The summed E-state index contributed by atoms with van der Waals surface area (Å²) >= 11 is 0. The number of hydrogen-bond acceptors (Lipinski definition) is 3. The van der Waals surface area contributed by atoms with Crippen LogP contribution in [0.15, 0.2) is 42.5 Å². The molecule has 2 aromatic rings. The van der Waals surface area contributed by atoms with Gasteiger partial charge in [-0.1, -0.05) is 44.2 Å². The predicted octanol–water partition coefficient (Wildman–Crippen LogP) is 4.09. The van der Waals surface area contributed by atoms with Crippen LogP contribution >= 0.6 is 0 Å². The van der Waals surface area contributed by atoms with Crippen LogP contribution in [-0.4, -0.2) is 44.1 Å². The number of rotatable bonds is 4. The van der Waals surface area contributed by atoms with Crippen LogP contribution in [0.3, 0.4) is 0 Å². The second-order valence-electron chi connectivity index (χ2n) is 7.15. The number of piperazine rings is 1. The van der Waals surface area contributed by atoms with Crippen LogP contribution < -0.4 is 9.64 Å². The average molecular weight is 352 g/mol. The topological polar surface area (TPSA) is 32.8 Å². The van der Waals surface area contributed by atoms with Gasteiger partial charge in [-0.3, -0.25) is 4.79 Å². The summed E-state index contributed by atoms with van der Waals surface area (Å²) in [6.07, 6.45) is 0. The highest BCUT2D eigenvalue weighted by molar-refractivity contribution is 5.97. The van der Waals surface area contributed by atoms with Crippen molar-refractivity contribution in [2.75, 3.05) is 38.2 Å². The van der Waals surface area contributed by atoms with Crippen LogP contribution in [0, 0.1) is 6.92 Å². The van der Waals surface area contributed by atoms with Crippen LogP contribution in [-0.2, 0) is 0 Å². The number of hydrogen-bond donors (Lipinski definition) is 0. The second kappa shape index (κ2) is 7.81.